The van der Waals surface area contributed by atoms with Crippen LogP contribution in [0.2, 0.25) is 5.02 Å². The first-order chi connectivity index (χ1) is 14.9. The van der Waals surface area contributed by atoms with Crippen LogP contribution in [-0.2, 0) is 6.54 Å². The molecule has 0 unspecified atom stereocenters. The van der Waals surface area contributed by atoms with Crippen LogP contribution >= 0.6 is 11.6 Å². The molecule has 9 heteroatoms. The summed E-state index contributed by atoms with van der Waals surface area (Å²) in [6.07, 6.45) is 2.12. The first-order valence-corrected chi connectivity index (χ1v) is 9.78. The average molecular weight is 437 g/mol. The third kappa shape index (κ3) is 3.80. The van der Waals surface area contributed by atoms with Crippen molar-refractivity contribution in [1.82, 2.24) is 14.8 Å². The number of aromatic hydroxyl groups is 1. The van der Waals surface area contributed by atoms with E-state index in [9.17, 15) is 19.5 Å². The molecule has 3 N–H and O–H groups in total. The molecule has 0 saturated carbocycles. The number of aryl methyl sites for hydroxylation is 1. The molecule has 4 rings (SSSR count). The molecule has 0 spiro atoms. The smallest absolute Gasteiger partial charge is 0.277 e. The number of rotatable bonds is 6. The summed E-state index contributed by atoms with van der Waals surface area (Å²) < 4.78 is 1.56. The SMILES string of the molecule is CCn1cc(Cl)c(C(=O)Nc2cccc(C(=O)c3ccc4c(C=O)c(O)[nH]c4c3)c2)n1. The monoisotopic (exact) mass is 436 g/mol. The van der Waals surface area contributed by atoms with Crippen LogP contribution < -0.4 is 5.32 Å². The zero-order valence-corrected chi connectivity index (χ0v) is 17.1. The summed E-state index contributed by atoms with van der Waals surface area (Å²) in [5, 5.41) is 17.4. The van der Waals surface area contributed by atoms with Crippen LogP contribution in [0.25, 0.3) is 10.9 Å². The van der Waals surface area contributed by atoms with E-state index in [0.717, 1.165) is 0 Å². The summed E-state index contributed by atoms with van der Waals surface area (Å²) in [4.78, 5) is 39.3. The Morgan fingerprint density at radius 1 is 1.23 bits per heavy atom. The molecule has 0 bridgehead atoms. The topological polar surface area (TPSA) is 117 Å². The number of H-pyrrole nitrogens is 1. The maximum atomic E-state index is 13.0. The van der Waals surface area contributed by atoms with Gasteiger partial charge >= 0.3 is 0 Å². The van der Waals surface area contributed by atoms with Crippen molar-refractivity contribution in [3.8, 4) is 5.88 Å². The van der Waals surface area contributed by atoms with Crippen molar-refractivity contribution in [2.24, 2.45) is 0 Å². The molecule has 0 atom stereocenters. The number of halogens is 1. The molecule has 2 aromatic heterocycles. The van der Waals surface area contributed by atoms with E-state index in [-0.39, 0.29) is 27.9 Å². The number of nitrogens with zero attached hydrogens (tertiary/aromatic N) is 2. The van der Waals surface area contributed by atoms with Crippen molar-refractivity contribution in [1.29, 1.82) is 0 Å². The van der Waals surface area contributed by atoms with E-state index >= 15 is 0 Å². The Bertz CT molecular complexity index is 1340. The summed E-state index contributed by atoms with van der Waals surface area (Å²) in [7, 11) is 0. The molecule has 156 valence electrons. The summed E-state index contributed by atoms with van der Waals surface area (Å²) in [5.41, 5.74) is 1.84. The number of carbonyl (C=O) groups excluding carboxylic acids is 3. The molecule has 0 aliphatic rings. The first-order valence-electron chi connectivity index (χ1n) is 9.40. The van der Waals surface area contributed by atoms with E-state index in [2.05, 4.69) is 15.4 Å². The van der Waals surface area contributed by atoms with Crippen LogP contribution in [0.15, 0.2) is 48.7 Å². The lowest BCUT2D eigenvalue weighted by Crippen LogP contribution is -2.14. The minimum atomic E-state index is -0.480. The largest absolute Gasteiger partial charge is 0.494 e. The second kappa shape index (κ2) is 8.08. The molecule has 0 aliphatic carbocycles. The second-order valence-corrected chi connectivity index (χ2v) is 7.22. The quantitative estimate of drug-likeness (QED) is 0.311. The van der Waals surface area contributed by atoms with Crippen molar-refractivity contribution in [2.75, 3.05) is 5.32 Å². The van der Waals surface area contributed by atoms with Gasteiger partial charge in [0.05, 0.1) is 10.6 Å². The molecule has 8 nitrogen and oxygen atoms in total. The molecule has 0 fully saturated rings. The molecular formula is C22H17ClN4O4. The minimum Gasteiger partial charge on any atom is -0.494 e. The highest BCUT2D eigenvalue weighted by atomic mass is 35.5. The van der Waals surface area contributed by atoms with Gasteiger partial charge in [-0.2, -0.15) is 5.10 Å². The van der Waals surface area contributed by atoms with Gasteiger partial charge in [-0.15, -0.1) is 0 Å². The third-order valence-electron chi connectivity index (χ3n) is 4.84. The Kier molecular flexibility index (Phi) is 5.31. The molecule has 0 saturated heterocycles. The molecular weight excluding hydrogens is 420 g/mol. The highest BCUT2D eigenvalue weighted by molar-refractivity contribution is 6.34. The van der Waals surface area contributed by atoms with E-state index < -0.39 is 5.91 Å². The normalized spacial score (nSPS) is 10.9. The predicted octanol–water partition coefficient (Wildman–Crippen LogP) is 4.04. The molecule has 1 amide bonds. The van der Waals surface area contributed by atoms with Gasteiger partial charge in [-0.3, -0.25) is 19.1 Å². The zero-order chi connectivity index (χ0) is 22.1. The van der Waals surface area contributed by atoms with Crippen molar-refractivity contribution >= 4 is 46.2 Å². The van der Waals surface area contributed by atoms with Crippen molar-refractivity contribution in [3.05, 3.63) is 76.1 Å². The van der Waals surface area contributed by atoms with Gasteiger partial charge in [0.1, 0.15) is 0 Å². The Hall–Kier alpha value is -3.91. The summed E-state index contributed by atoms with van der Waals surface area (Å²) in [5.74, 6) is -1.01. The maximum Gasteiger partial charge on any atom is 0.277 e. The number of aromatic amines is 1. The van der Waals surface area contributed by atoms with Crippen LogP contribution in [0.3, 0.4) is 0 Å². The predicted molar refractivity (Wildman–Crippen MR) is 116 cm³/mol. The van der Waals surface area contributed by atoms with Crippen molar-refractivity contribution in [2.45, 2.75) is 13.5 Å². The third-order valence-corrected chi connectivity index (χ3v) is 5.11. The van der Waals surface area contributed by atoms with E-state index in [1.54, 1.807) is 53.3 Å². The molecule has 4 aromatic rings. The standard InChI is InChI=1S/C22H17ClN4O4/c1-2-27-10-17(23)19(26-27)22(31)24-14-5-3-4-12(8-14)20(29)13-6-7-15-16(11-28)21(30)25-18(15)9-13/h3-11,25,30H,2H2,1H3,(H,24,31). The number of ketones is 1. The maximum absolute atomic E-state index is 13.0. The van der Waals surface area contributed by atoms with Gasteiger partial charge < -0.3 is 15.4 Å². The van der Waals surface area contributed by atoms with Gasteiger partial charge in [-0.1, -0.05) is 35.9 Å². The van der Waals surface area contributed by atoms with Crippen molar-refractivity contribution < 1.29 is 19.5 Å². The fourth-order valence-electron chi connectivity index (χ4n) is 3.27. The molecule has 0 radical (unpaired) electrons. The van der Waals surface area contributed by atoms with Gasteiger partial charge in [-0.25, -0.2) is 0 Å². The number of nitrogens with one attached hydrogen (secondary N) is 2. The Labute approximate surface area is 181 Å². The highest BCUT2D eigenvalue weighted by Crippen LogP contribution is 2.27. The summed E-state index contributed by atoms with van der Waals surface area (Å²) in [6.45, 7) is 2.46. The second-order valence-electron chi connectivity index (χ2n) is 6.81. The van der Waals surface area contributed by atoms with Crippen LogP contribution in [0.5, 0.6) is 5.88 Å². The van der Waals surface area contributed by atoms with Gasteiger partial charge in [0.2, 0.25) is 0 Å². The highest BCUT2D eigenvalue weighted by Gasteiger charge is 2.17. The van der Waals surface area contributed by atoms with E-state index in [1.165, 1.54) is 0 Å². The molecule has 31 heavy (non-hydrogen) atoms. The number of benzene rings is 2. The lowest BCUT2D eigenvalue weighted by molar-refractivity contribution is 0.101. The van der Waals surface area contributed by atoms with Crippen molar-refractivity contribution in [3.63, 3.8) is 0 Å². The fourth-order valence-corrected chi connectivity index (χ4v) is 3.51. The Balaban J connectivity index is 1.59. The fraction of sp³-hybridized carbons (Fsp3) is 0.0909. The number of hydrogen-bond acceptors (Lipinski definition) is 5. The number of fused-ring (bicyclic) bond motifs is 1. The average Bonchev–Trinajstić information content (AvgIpc) is 3.31. The van der Waals surface area contributed by atoms with E-state index in [0.29, 0.717) is 40.5 Å². The molecule has 0 aliphatic heterocycles. The number of hydrogen-bond donors (Lipinski definition) is 3. The molecule has 2 heterocycles. The van der Waals surface area contributed by atoms with E-state index in [1.807, 2.05) is 6.92 Å². The summed E-state index contributed by atoms with van der Waals surface area (Å²) in [6, 6.07) is 11.2. The first kappa shape index (κ1) is 20.4. The van der Waals surface area contributed by atoms with Crippen LogP contribution in [-0.4, -0.2) is 37.8 Å². The lowest BCUT2D eigenvalue weighted by atomic mass is 10.0. The number of amides is 1. The van der Waals surface area contributed by atoms with Crippen LogP contribution in [0, 0.1) is 0 Å². The van der Waals surface area contributed by atoms with Gasteiger partial charge in [0, 0.05) is 40.5 Å². The Morgan fingerprint density at radius 3 is 2.71 bits per heavy atom. The van der Waals surface area contributed by atoms with E-state index in [4.69, 9.17) is 11.6 Å². The van der Waals surface area contributed by atoms with Gasteiger partial charge in [0.25, 0.3) is 5.91 Å². The van der Waals surface area contributed by atoms with Crippen LogP contribution in [0.4, 0.5) is 5.69 Å². The molecule has 2 aromatic carbocycles. The zero-order valence-electron chi connectivity index (χ0n) is 16.3. The van der Waals surface area contributed by atoms with Crippen LogP contribution in [0.1, 0.15) is 43.7 Å². The lowest BCUT2D eigenvalue weighted by Gasteiger charge is -2.07. The van der Waals surface area contributed by atoms with Gasteiger partial charge in [0.15, 0.2) is 23.6 Å². The Morgan fingerprint density at radius 2 is 2.00 bits per heavy atom. The van der Waals surface area contributed by atoms with Gasteiger partial charge in [-0.05, 0) is 25.1 Å². The summed E-state index contributed by atoms with van der Waals surface area (Å²) >= 11 is 6.08. The number of aldehydes is 1. The number of aromatic nitrogens is 3. The number of anilines is 1. The minimum absolute atomic E-state index is 0.100. The number of carbonyl (C=O) groups is 3.